The predicted molar refractivity (Wildman–Crippen MR) is 85.6 cm³/mol. The molecule has 1 aromatic carbocycles. The Morgan fingerprint density at radius 2 is 1.81 bits per heavy atom. The van der Waals surface area contributed by atoms with E-state index < -0.39 is 0 Å². The van der Waals surface area contributed by atoms with Crippen LogP contribution in [-0.2, 0) is 18.3 Å². The fourth-order valence-electron chi connectivity index (χ4n) is 2.16. The highest BCUT2D eigenvalue weighted by molar-refractivity contribution is 7.16. The lowest BCUT2D eigenvalue weighted by Crippen LogP contribution is -2.16. The number of benzene rings is 1. The number of anilines is 1. The molecule has 0 saturated heterocycles. The van der Waals surface area contributed by atoms with Crippen LogP contribution in [-0.4, -0.2) is 19.8 Å². The van der Waals surface area contributed by atoms with Crippen molar-refractivity contribution in [2.75, 3.05) is 5.73 Å². The SMILES string of the molecule is CC(C)(C)c1nnc2sc(CCc3ccc(N)cc3)nn12. The quantitative estimate of drug-likeness (QED) is 0.755. The molecule has 0 radical (unpaired) electrons. The van der Waals surface area contributed by atoms with E-state index in [4.69, 9.17) is 5.73 Å². The Hall–Kier alpha value is -1.95. The van der Waals surface area contributed by atoms with Crippen molar-refractivity contribution in [2.24, 2.45) is 0 Å². The lowest BCUT2D eigenvalue weighted by Gasteiger charge is -2.13. The molecule has 0 unspecified atom stereocenters. The van der Waals surface area contributed by atoms with E-state index >= 15 is 0 Å². The summed E-state index contributed by atoms with van der Waals surface area (Å²) in [5, 5.41) is 14.2. The molecule has 3 aromatic rings. The summed E-state index contributed by atoms with van der Waals surface area (Å²) >= 11 is 1.61. The molecular formula is C15H19N5S. The minimum Gasteiger partial charge on any atom is -0.399 e. The van der Waals surface area contributed by atoms with Gasteiger partial charge in [-0.3, -0.25) is 0 Å². The smallest absolute Gasteiger partial charge is 0.234 e. The van der Waals surface area contributed by atoms with Crippen LogP contribution in [0.1, 0.15) is 37.2 Å². The third-order valence-corrected chi connectivity index (χ3v) is 4.27. The lowest BCUT2D eigenvalue weighted by molar-refractivity contribution is 0.526. The highest BCUT2D eigenvalue weighted by Crippen LogP contribution is 2.23. The molecule has 0 fully saturated rings. The van der Waals surface area contributed by atoms with Crippen molar-refractivity contribution in [1.29, 1.82) is 0 Å². The van der Waals surface area contributed by atoms with Gasteiger partial charge in [-0.05, 0) is 24.1 Å². The number of fused-ring (bicyclic) bond motifs is 1. The Kier molecular flexibility index (Phi) is 3.41. The molecule has 0 atom stereocenters. The second-order valence-electron chi connectivity index (χ2n) is 6.21. The summed E-state index contributed by atoms with van der Waals surface area (Å²) in [4.78, 5) is 0.868. The summed E-state index contributed by atoms with van der Waals surface area (Å²) < 4.78 is 1.88. The van der Waals surface area contributed by atoms with Crippen molar-refractivity contribution in [3.8, 4) is 0 Å². The summed E-state index contributed by atoms with van der Waals surface area (Å²) in [5.74, 6) is 0.910. The molecule has 0 aliphatic rings. The van der Waals surface area contributed by atoms with Gasteiger partial charge in [0, 0.05) is 17.5 Å². The Bertz CT molecular complexity index is 749. The average molecular weight is 301 g/mol. The third kappa shape index (κ3) is 2.90. The summed E-state index contributed by atoms with van der Waals surface area (Å²) in [6.07, 6.45) is 1.86. The van der Waals surface area contributed by atoms with Crippen molar-refractivity contribution in [2.45, 2.75) is 39.0 Å². The Labute approximate surface area is 127 Å². The van der Waals surface area contributed by atoms with Gasteiger partial charge in [-0.2, -0.15) is 9.61 Å². The molecule has 0 aliphatic heterocycles. The normalized spacial score (nSPS) is 12.1. The van der Waals surface area contributed by atoms with Crippen LogP contribution in [0.3, 0.4) is 0 Å². The number of nitrogens with zero attached hydrogens (tertiary/aromatic N) is 4. The van der Waals surface area contributed by atoms with E-state index in [0.29, 0.717) is 0 Å². The molecule has 0 spiro atoms. The van der Waals surface area contributed by atoms with Gasteiger partial charge in [0.15, 0.2) is 5.82 Å². The molecule has 110 valence electrons. The molecule has 2 aromatic heterocycles. The first kappa shape index (κ1) is 14.0. The zero-order valence-electron chi connectivity index (χ0n) is 12.5. The van der Waals surface area contributed by atoms with Crippen LogP contribution in [0.2, 0.25) is 0 Å². The van der Waals surface area contributed by atoms with Gasteiger partial charge in [0.05, 0.1) is 0 Å². The van der Waals surface area contributed by atoms with E-state index in [9.17, 15) is 0 Å². The number of aryl methyl sites for hydroxylation is 2. The van der Waals surface area contributed by atoms with E-state index in [2.05, 4.69) is 48.2 Å². The maximum Gasteiger partial charge on any atom is 0.234 e. The van der Waals surface area contributed by atoms with Crippen molar-refractivity contribution in [1.82, 2.24) is 19.8 Å². The molecule has 0 aliphatic carbocycles. The van der Waals surface area contributed by atoms with Gasteiger partial charge in [0.1, 0.15) is 5.01 Å². The van der Waals surface area contributed by atoms with Crippen molar-refractivity contribution in [3.05, 3.63) is 40.7 Å². The maximum absolute atomic E-state index is 5.70. The van der Waals surface area contributed by atoms with Crippen LogP contribution in [0.25, 0.3) is 4.96 Å². The van der Waals surface area contributed by atoms with Crippen LogP contribution in [0.4, 0.5) is 5.69 Å². The summed E-state index contributed by atoms with van der Waals surface area (Å²) in [7, 11) is 0. The van der Waals surface area contributed by atoms with Crippen molar-refractivity contribution in [3.63, 3.8) is 0 Å². The van der Waals surface area contributed by atoms with Crippen molar-refractivity contribution < 1.29 is 0 Å². The van der Waals surface area contributed by atoms with Gasteiger partial charge in [-0.15, -0.1) is 10.2 Å². The molecule has 5 nitrogen and oxygen atoms in total. The highest BCUT2D eigenvalue weighted by atomic mass is 32.1. The van der Waals surface area contributed by atoms with Gasteiger partial charge in [-0.25, -0.2) is 0 Å². The molecule has 0 saturated carbocycles. The van der Waals surface area contributed by atoms with Crippen LogP contribution < -0.4 is 5.73 Å². The first-order chi connectivity index (χ1) is 9.93. The van der Waals surface area contributed by atoms with E-state index in [1.165, 1.54) is 5.56 Å². The monoisotopic (exact) mass is 301 g/mol. The van der Waals surface area contributed by atoms with E-state index in [1.807, 2.05) is 16.6 Å². The maximum atomic E-state index is 5.70. The van der Waals surface area contributed by atoms with E-state index in [0.717, 1.165) is 34.3 Å². The molecule has 0 amide bonds. The fraction of sp³-hybridized carbons (Fsp3) is 0.400. The first-order valence-corrected chi connectivity index (χ1v) is 7.81. The minimum absolute atomic E-state index is 0.0539. The highest BCUT2D eigenvalue weighted by Gasteiger charge is 2.23. The van der Waals surface area contributed by atoms with E-state index in [1.54, 1.807) is 11.3 Å². The van der Waals surface area contributed by atoms with Gasteiger partial charge in [-0.1, -0.05) is 44.2 Å². The van der Waals surface area contributed by atoms with Crippen LogP contribution in [0.15, 0.2) is 24.3 Å². The number of aromatic nitrogens is 4. The van der Waals surface area contributed by atoms with Gasteiger partial charge in [0.25, 0.3) is 0 Å². The third-order valence-electron chi connectivity index (χ3n) is 3.31. The number of hydrogen-bond acceptors (Lipinski definition) is 5. The topological polar surface area (TPSA) is 69.1 Å². The molecule has 21 heavy (non-hydrogen) atoms. The number of nitrogen functional groups attached to an aromatic ring is 1. The molecule has 6 heteroatoms. The Balaban J connectivity index is 1.79. The molecular weight excluding hydrogens is 282 g/mol. The summed E-state index contributed by atoms with van der Waals surface area (Å²) in [5.41, 5.74) is 7.71. The van der Waals surface area contributed by atoms with Crippen molar-refractivity contribution >= 4 is 22.0 Å². The van der Waals surface area contributed by atoms with Crippen LogP contribution in [0.5, 0.6) is 0 Å². The van der Waals surface area contributed by atoms with Crippen LogP contribution >= 0.6 is 11.3 Å². The summed E-state index contributed by atoms with van der Waals surface area (Å²) in [6.45, 7) is 6.37. The lowest BCUT2D eigenvalue weighted by atomic mass is 9.96. The second-order valence-corrected chi connectivity index (χ2v) is 7.25. The molecule has 2 N–H and O–H groups in total. The number of nitrogens with two attached hydrogens (primary N) is 1. The first-order valence-electron chi connectivity index (χ1n) is 6.99. The predicted octanol–water partition coefficient (Wildman–Crippen LogP) is 2.85. The summed E-state index contributed by atoms with van der Waals surface area (Å²) in [6, 6.07) is 8.00. The zero-order chi connectivity index (χ0) is 15.0. The molecule has 0 bridgehead atoms. The van der Waals surface area contributed by atoms with Gasteiger partial charge < -0.3 is 5.73 Å². The number of hydrogen-bond donors (Lipinski definition) is 1. The molecule has 2 heterocycles. The average Bonchev–Trinajstić information content (AvgIpc) is 2.96. The Morgan fingerprint density at radius 3 is 2.48 bits per heavy atom. The number of rotatable bonds is 3. The Morgan fingerprint density at radius 1 is 1.10 bits per heavy atom. The van der Waals surface area contributed by atoms with E-state index in [-0.39, 0.29) is 5.41 Å². The van der Waals surface area contributed by atoms with Gasteiger partial charge >= 0.3 is 0 Å². The fourth-order valence-corrected chi connectivity index (χ4v) is 2.99. The minimum atomic E-state index is -0.0539. The largest absolute Gasteiger partial charge is 0.399 e. The standard InChI is InChI=1S/C15H19N5S/c1-15(2,3)13-17-18-14-20(13)19-12(21-14)9-6-10-4-7-11(16)8-5-10/h4-5,7-8H,6,9,16H2,1-3H3. The van der Waals surface area contributed by atoms with Crippen LogP contribution in [0, 0.1) is 0 Å². The zero-order valence-corrected chi connectivity index (χ0v) is 13.3. The second kappa shape index (κ2) is 5.11. The molecule has 3 rings (SSSR count). The van der Waals surface area contributed by atoms with Gasteiger partial charge in [0.2, 0.25) is 4.96 Å².